The molecule has 0 aliphatic rings. The van der Waals surface area contributed by atoms with Crippen LogP contribution in [0.1, 0.15) is 24.2 Å². The molecule has 1 aromatic heterocycles. The van der Waals surface area contributed by atoms with Gasteiger partial charge in [-0.3, -0.25) is 0 Å². The molecule has 3 nitrogen and oxygen atoms in total. The summed E-state index contributed by atoms with van der Waals surface area (Å²) in [5.41, 5.74) is 2.03. The summed E-state index contributed by atoms with van der Waals surface area (Å²) in [4.78, 5) is 4.36. The highest BCUT2D eigenvalue weighted by Gasteiger charge is 2.08. The van der Waals surface area contributed by atoms with Crippen LogP contribution in [0.4, 0.5) is 0 Å². The van der Waals surface area contributed by atoms with E-state index in [1.807, 2.05) is 42.5 Å². The Morgan fingerprint density at radius 2 is 2.00 bits per heavy atom. The highest BCUT2D eigenvalue weighted by atomic mass is 35.5. The summed E-state index contributed by atoms with van der Waals surface area (Å²) < 4.78 is 5.11. The van der Waals surface area contributed by atoms with Crippen molar-refractivity contribution >= 4 is 11.6 Å². The summed E-state index contributed by atoms with van der Waals surface area (Å²) in [5, 5.41) is 4.18. The van der Waals surface area contributed by atoms with Crippen molar-refractivity contribution in [3.05, 3.63) is 58.7 Å². The average molecular weight is 277 g/mol. The maximum atomic E-state index is 6.17. The monoisotopic (exact) mass is 276 g/mol. The van der Waals surface area contributed by atoms with Gasteiger partial charge in [-0.1, -0.05) is 35.9 Å². The SMILES string of the molecule is COc1cccc(CNC(C)c2ccccc2Cl)n1. The molecule has 0 aliphatic heterocycles. The minimum Gasteiger partial charge on any atom is -0.481 e. The van der Waals surface area contributed by atoms with E-state index < -0.39 is 0 Å². The molecule has 0 fully saturated rings. The van der Waals surface area contributed by atoms with E-state index in [-0.39, 0.29) is 6.04 Å². The van der Waals surface area contributed by atoms with E-state index in [1.54, 1.807) is 7.11 Å². The molecule has 19 heavy (non-hydrogen) atoms. The van der Waals surface area contributed by atoms with Gasteiger partial charge in [-0.2, -0.15) is 0 Å². The van der Waals surface area contributed by atoms with Crippen molar-refractivity contribution in [1.29, 1.82) is 0 Å². The van der Waals surface area contributed by atoms with E-state index in [0.29, 0.717) is 12.4 Å². The maximum Gasteiger partial charge on any atom is 0.213 e. The van der Waals surface area contributed by atoms with Gasteiger partial charge in [0.05, 0.1) is 12.8 Å². The van der Waals surface area contributed by atoms with E-state index in [2.05, 4.69) is 17.2 Å². The summed E-state index contributed by atoms with van der Waals surface area (Å²) in [6.07, 6.45) is 0. The van der Waals surface area contributed by atoms with Crippen LogP contribution >= 0.6 is 11.6 Å². The first-order valence-corrected chi connectivity index (χ1v) is 6.56. The normalized spacial score (nSPS) is 12.2. The molecule has 100 valence electrons. The number of methoxy groups -OCH3 is 1. The fraction of sp³-hybridized carbons (Fsp3) is 0.267. The molecule has 0 aliphatic carbocycles. The topological polar surface area (TPSA) is 34.1 Å². The molecule has 1 N–H and O–H groups in total. The van der Waals surface area contributed by atoms with E-state index in [1.165, 1.54) is 0 Å². The number of hydrogen-bond acceptors (Lipinski definition) is 3. The molecule has 0 radical (unpaired) electrons. The molecule has 2 aromatic rings. The third kappa shape index (κ3) is 3.69. The molecule has 0 saturated heterocycles. The summed E-state index contributed by atoms with van der Waals surface area (Å²) in [7, 11) is 1.62. The predicted octanol–water partition coefficient (Wildman–Crippen LogP) is 3.59. The van der Waals surface area contributed by atoms with Gasteiger partial charge in [0.1, 0.15) is 0 Å². The van der Waals surface area contributed by atoms with Crippen molar-refractivity contribution in [3.8, 4) is 5.88 Å². The van der Waals surface area contributed by atoms with E-state index in [9.17, 15) is 0 Å². The molecule has 0 amide bonds. The minimum absolute atomic E-state index is 0.168. The van der Waals surface area contributed by atoms with E-state index >= 15 is 0 Å². The van der Waals surface area contributed by atoms with Crippen molar-refractivity contribution in [3.63, 3.8) is 0 Å². The van der Waals surface area contributed by atoms with E-state index in [0.717, 1.165) is 16.3 Å². The minimum atomic E-state index is 0.168. The zero-order chi connectivity index (χ0) is 13.7. The predicted molar refractivity (Wildman–Crippen MR) is 77.5 cm³/mol. The van der Waals surface area contributed by atoms with Gasteiger partial charge in [-0.25, -0.2) is 4.98 Å². The van der Waals surface area contributed by atoms with Gasteiger partial charge in [-0.15, -0.1) is 0 Å². The molecule has 2 rings (SSSR count). The molecule has 1 heterocycles. The number of nitrogens with zero attached hydrogens (tertiary/aromatic N) is 1. The van der Waals surface area contributed by atoms with Crippen molar-refractivity contribution in [1.82, 2.24) is 10.3 Å². The Labute approximate surface area is 118 Å². The number of nitrogens with one attached hydrogen (secondary N) is 1. The number of hydrogen-bond donors (Lipinski definition) is 1. The summed E-state index contributed by atoms with van der Waals surface area (Å²) in [5.74, 6) is 0.629. The van der Waals surface area contributed by atoms with Gasteiger partial charge in [0.15, 0.2) is 0 Å². The van der Waals surface area contributed by atoms with Crippen LogP contribution < -0.4 is 10.1 Å². The zero-order valence-electron chi connectivity index (χ0n) is 11.1. The van der Waals surface area contributed by atoms with Crippen molar-refractivity contribution in [2.45, 2.75) is 19.5 Å². The van der Waals surface area contributed by atoms with Crippen LogP contribution in [0.25, 0.3) is 0 Å². The lowest BCUT2D eigenvalue weighted by Crippen LogP contribution is -2.19. The van der Waals surface area contributed by atoms with Crippen molar-refractivity contribution in [2.75, 3.05) is 7.11 Å². The van der Waals surface area contributed by atoms with Gasteiger partial charge >= 0.3 is 0 Å². The van der Waals surface area contributed by atoms with Gasteiger partial charge in [0, 0.05) is 23.7 Å². The van der Waals surface area contributed by atoms with Gasteiger partial charge in [0.25, 0.3) is 0 Å². The number of benzene rings is 1. The van der Waals surface area contributed by atoms with Crippen molar-refractivity contribution in [2.24, 2.45) is 0 Å². The van der Waals surface area contributed by atoms with Crippen LogP contribution in [0.15, 0.2) is 42.5 Å². The Balaban J connectivity index is 2.00. The van der Waals surface area contributed by atoms with Crippen LogP contribution in [0.2, 0.25) is 5.02 Å². The quantitative estimate of drug-likeness (QED) is 0.906. The maximum absolute atomic E-state index is 6.17. The fourth-order valence-electron chi connectivity index (χ4n) is 1.86. The summed E-state index contributed by atoms with van der Waals surface area (Å²) >= 11 is 6.17. The van der Waals surface area contributed by atoms with Gasteiger partial charge in [-0.05, 0) is 24.6 Å². The highest BCUT2D eigenvalue weighted by molar-refractivity contribution is 6.31. The zero-order valence-corrected chi connectivity index (χ0v) is 11.8. The molecule has 1 atom stereocenters. The lowest BCUT2D eigenvalue weighted by molar-refractivity contribution is 0.395. The number of halogens is 1. The molecule has 0 bridgehead atoms. The first-order valence-electron chi connectivity index (χ1n) is 6.18. The lowest BCUT2D eigenvalue weighted by atomic mass is 10.1. The Morgan fingerprint density at radius 3 is 2.74 bits per heavy atom. The average Bonchev–Trinajstić information content (AvgIpc) is 2.45. The number of rotatable bonds is 5. The van der Waals surface area contributed by atoms with E-state index in [4.69, 9.17) is 16.3 Å². The van der Waals surface area contributed by atoms with Crippen LogP contribution in [0, 0.1) is 0 Å². The Hall–Kier alpha value is -1.58. The smallest absolute Gasteiger partial charge is 0.213 e. The second-order valence-electron chi connectivity index (χ2n) is 4.30. The third-order valence-electron chi connectivity index (χ3n) is 2.95. The number of ether oxygens (including phenoxy) is 1. The molecule has 0 saturated carbocycles. The Morgan fingerprint density at radius 1 is 1.21 bits per heavy atom. The van der Waals surface area contributed by atoms with Crippen LogP contribution in [0.5, 0.6) is 5.88 Å². The molecular weight excluding hydrogens is 260 g/mol. The van der Waals surface area contributed by atoms with Crippen LogP contribution in [0.3, 0.4) is 0 Å². The summed E-state index contributed by atoms with van der Waals surface area (Å²) in [6, 6.07) is 13.8. The number of aromatic nitrogens is 1. The first-order chi connectivity index (χ1) is 9.20. The van der Waals surface area contributed by atoms with Crippen molar-refractivity contribution < 1.29 is 4.74 Å². The molecule has 4 heteroatoms. The Kier molecular flexibility index (Phi) is 4.77. The van der Waals surface area contributed by atoms with Gasteiger partial charge in [0.2, 0.25) is 5.88 Å². The first kappa shape index (κ1) is 13.8. The fourth-order valence-corrected chi connectivity index (χ4v) is 2.16. The largest absolute Gasteiger partial charge is 0.481 e. The summed E-state index contributed by atoms with van der Waals surface area (Å²) in [6.45, 7) is 2.75. The third-order valence-corrected chi connectivity index (χ3v) is 3.30. The van der Waals surface area contributed by atoms with Gasteiger partial charge < -0.3 is 10.1 Å². The number of pyridine rings is 1. The highest BCUT2D eigenvalue weighted by Crippen LogP contribution is 2.22. The second kappa shape index (κ2) is 6.55. The Bertz CT molecular complexity index is 545. The van der Waals surface area contributed by atoms with Crippen LogP contribution in [-0.4, -0.2) is 12.1 Å². The standard InChI is InChI=1S/C15H17ClN2O/c1-11(13-7-3-4-8-14(13)16)17-10-12-6-5-9-15(18-12)19-2/h3-9,11,17H,10H2,1-2H3. The molecular formula is C15H17ClN2O. The molecule has 0 spiro atoms. The second-order valence-corrected chi connectivity index (χ2v) is 4.70. The lowest BCUT2D eigenvalue weighted by Gasteiger charge is -2.15. The molecule has 1 unspecified atom stereocenters. The van der Waals surface area contributed by atoms with Crippen LogP contribution in [-0.2, 0) is 6.54 Å². The molecule has 1 aromatic carbocycles.